The highest BCUT2D eigenvalue weighted by molar-refractivity contribution is 5.77. The maximum atomic E-state index is 13.2. The minimum absolute atomic E-state index is 0.126. The van der Waals surface area contributed by atoms with Crippen LogP contribution in [0.4, 0.5) is 43.5 Å². The van der Waals surface area contributed by atoms with E-state index in [0.717, 1.165) is 24.4 Å². The summed E-state index contributed by atoms with van der Waals surface area (Å²) in [7, 11) is 0. The molecule has 1 amide bonds. The van der Waals surface area contributed by atoms with E-state index in [1.54, 1.807) is 4.90 Å². The zero-order valence-electron chi connectivity index (χ0n) is 21.2. The molecular weight excluding hydrogens is 548 g/mol. The molecule has 0 unspecified atom stereocenters. The number of hydrogen-bond donors (Lipinski definition) is 1. The smallest absolute Gasteiger partial charge is 0.382 e. The van der Waals surface area contributed by atoms with Gasteiger partial charge in [0.25, 0.3) is 5.69 Å². The molecule has 1 aromatic heterocycles. The Morgan fingerprint density at radius 1 is 1.00 bits per heavy atom. The van der Waals surface area contributed by atoms with Gasteiger partial charge < -0.3 is 19.9 Å². The molecule has 0 atom stereocenters. The van der Waals surface area contributed by atoms with Gasteiger partial charge in [0.2, 0.25) is 5.91 Å². The molecule has 218 valence electrons. The number of ether oxygens (including phenoxy) is 1. The molecule has 1 saturated heterocycles. The van der Waals surface area contributed by atoms with E-state index in [1.807, 2.05) is 4.90 Å². The fourth-order valence-electron chi connectivity index (χ4n) is 4.83. The Morgan fingerprint density at radius 2 is 1.68 bits per heavy atom. The summed E-state index contributed by atoms with van der Waals surface area (Å²) in [6, 6.07) is 4.97. The van der Waals surface area contributed by atoms with Crippen LogP contribution in [-0.4, -0.2) is 65.6 Å². The number of nitro groups is 1. The summed E-state index contributed by atoms with van der Waals surface area (Å²) in [6.07, 6.45) is -6.40. The average molecular weight is 576 g/mol. The number of aromatic nitrogens is 1. The zero-order valence-corrected chi connectivity index (χ0v) is 21.2. The molecule has 2 heterocycles. The summed E-state index contributed by atoms with van der Waals surface area (Å²) in [5, 5.41) is 13.9. The molecule has 15 heteroatoms. The fourth-order valence-corrected chi connectivity index (χ4v) is 4.83. The lowest BCUT2D eigenvalue weighted by molar-refractivity contribution is -0.388. The fraction of sp³-hybridized carbons (Fsp3) is 0.520. The van der Waals surface area contributed by atoms with Gasteiger partial charge in [-0.25, -0.2) is 4.98 Å². The highest BCUT2D eigenvalue weighted by atomic mass is 19.4. The first-order valence-electron chi connectivity index (χ1n) is 12.6. The standard InChI is InChI=1S/C25H27F6N5O4/c26-24(27,28)16-1-8-22(32-14-16)34-9-11-35(12-10-34)23(37)15-40-19-5-2-17(3-6-19)33-18-4-7-21(36(38)39)20(13-18)25(29,30)31/h1,4,7-8,13-14,17,19,33H,2-3,5-6,9-12,15H2/t17-,19-. The Bertz CT molecular complexity index is 1190. The molecule has 1 N–H and O–H groups in total. The van der Waals surface area contributed by atoms with Gasteiger partial charge in [0.05, 0.1) is 16.6 Å². The zero-order chi connectivity index (χ0) is 29.1. The van der Waals surface area contributed by atoms with Crippen LogP contribution in [0.2, 0.25) is 0 Å². The largest absolute Gasteiger partial charge is 0.423 e. The maximum Gasteiger partial charge on any atom is 0.423 e. The molecule has 9 nitrogen and oxygen atoms in total. The average Bonchev–Trinajstić information content (AvgIpc) is 2.91. The highest BCUT2D eigenvalue weighted by Crippen LogP contribution is 2.38. The number of rotatable bonds is 7. The number of carbonyl (C=O) groups is 1. The molecule has 2 fully saturated rings. The number of alkyl halides is 6. The van der Waals surface area contributed by atoms with Crippen molar-refractivity contribution in [2.75, 3.05) is 43.0 Å². The summed E-state index contributed by atoms with van der Waals surface area (Å²) < 4.78 is 83.7. The third kappa shape index (κ3) is 7.31. The van der Waals surface area contributed by atoms with Gasteiger partial charge in [-0.05, 0) is 49.9 Å². The van der Waals surface area contributed by atoms with Gasteiger partial charge in [-0.15, -0.1) is 0 Å². The molecule has 0 radical (unpaired) electrons. The van der Waals surface area contributed by atoms with Crippen molar-refractivity contribution in [3.63, 3.8) is 0 Å². The molecule has 1 aliphatic carbocycles. The Morgan fingerprint density at radius 3 is 2.23 bits per heavy atom. The van der Waals surface area contributed by atoms with E-state index in [0.29, 0.717) is 57.7 Å². The number of amides is 1. The SMILES string of the molecule is O=C(CO[C@H]1CC[C@H](Nc2ccc([N+](=O)[O-])c(C(F)(F)F)c2)CC1)N1CCN(c2ccc(C(F)(F)F)cn2)CC1. The summed E-state index contributed by atoms with van der Waals surface area (Å²) in [4.78, 5) is 29.8. The van der Waals surface area contributed by atoms with Crippen LogP contribution in [0.25, 0.3) is 0 Å². The maximum absolute atomic E-state index is 13.2. The van der Waals surface area contributed by atoms with E-state index in [2.05, 4.69) is 10.3 Å². The first kappa shape index (κ1) is 29.4. The summed E-state index contributed by atoms with van der Waals surface area (Å²) in [5.74, 6) is 0.205. The van der Waals surface area contributed by atoms with Crippen molar-refractivity contribution in [2.24, 2.45) is 0 Å². The number of halogens is 6. The number of piperazine rings is 1. The number of carbonyl (C=O) groups excluding carboxylic acids is 1. The number of pyridine rings is 1. The van der Waals surface area contributed by atoms with Crippen LogP contribution in [-0.2, 0) is 21.9 Å². The lowest BCUT2D eigenvalue weighted by Crippen LogP contribution is -2.50. The van der Waals surface area contributed by atoms with Crippen LogP contribution in [0.15, 0.2) is 36.5 Å². The van der Waals surface area contributed by atoms with Gasteiger partial charge in [0.1, 0.15) is 18.0 Å². The number of nitrogens with zero attached hydrogens (tertiary/aromatic N) is 4. The van der Waals surface area contributed by atoms with E-state index in [1.165, 1.54) is 12.1 Å². The van der Waals surface area contributed by atoms with Gasteiger partial charge in [-0.3, -0.25) is 14.9 Å². The van der Waals surface area contributed by atoms with E-state index in [4.69, 9.17) is 4.74 Å². The van der Waals surface area contributed by atoms with Crippen molar-refractivity contribution < 1.29 is 40.8 Å². The summed E-state index contributed by atoms with van der Waals surface area (Å²) >= 11 is 0. The monoisotopic (exact) mass is 575 g/mol. The number of benzene rings is 1. The first-order chi connectivity index (χ1) is 18.8. The Labute approximate surface area is 225 Å². The molecule has 0 spiro atoms. The quantitative estimate of drug-likeness (QED) is 0.278. The van der Waals surface area contributed by atoms with Gasteiger partial charge in [0.15, 0.2) is 0 Å². The van der Waals surface area contributed by atoms with Crippen molar-refractivity contribution in [3.05, 3.63) is 57.8 Å². The van der Waals surface area contributed by atoms with Crippen LogP contribution in [0.3, 0.4) is 0 Å². The van der Waals surface area contributed by atoms with Crippen LogP contribution in [0.5, 0.6) is 0 Å². The topological polar surface area (TPSA) is 101 Å². The number of hydrogen-bond acceptors (Lipinski definition) is 7. The van der Waals surface area contributed by atoms with E-state index >= 15 is 0 Å². The molecule has 0 bridgehead atoms. The molecule has 1 aliphatic heterocycles. The van der Waals surface area contributed by atoms with Crippen LogP contribution >= 0.6 is 0 Å². The molecule has 1 aromatic carbocycles. The van der Waals surface area contributed by atoms with Crippen molar-refractivity contribution in [1.29, 1.82) is 0 Å². The Hall–Kier alpha value is -3.62. The molecule has 1 saturated carbocycles. The van der Waals surface area contributed by atoms with Gasteiger partial charge >= 0.3 is 12.4 Å². The lowest BCUT2D eigenvalue weighted by Gasteiger charge is -2.36. The second-order valence-electron chi connectivity index (χ2n) is 9.69. The number of nitro benzene ring substituents is 1. The van der Waals surface area contributed by atoms with Crippen LogP contribution in [0, 0.1) is 10.1 Å². The predicted octanol–water partition coefficient (Wildman–Crippen LogP) is 5.12. The predicted molar refractivity (Wildman–Crippen MR) is 132 cm³/mol. The molecule has 40 heavy (non-hydrogen) atoms. The van der Waals surface area contributed by atoms with Gasteiger partial charge in [-0.2, -0.15) is 26.3 Å². The van der Waals surface area contributed by atoms with Crippen molar-refractivity contribution in [1.82, 2.24) is 9.88 Å². The van der Waals surface area contributed by atoms with Gasteiger partial charge in [0, 0.05) is 50.2 Å². The number of nitrogens with one attached hydrogen (secondary N) is 1. The van der Waals surface area contributed by atoms with Crippen LogP contribution in [0.1, 0.15) is 36.8 Å². The minimum Gasteiger partial charge on any atom is -0.382 e. The van der Waals surface area contributed by atoms with Gasteiger partial charge in [-0.1, -0.05) is 0 Å². The highest BCUT2D eigenvalue weighted by Gasteiger charge is 2.38. The van der Waals surface area contributed by atoms with E-state index < -0.39 is 34.1 Å². The number of anilines is 2. The van der Waals surface area contributed by atoms with E-state index in [-0.39, 0.29) is 30.3 Å². The third-order valence-electron chi connectivity index (χ3n) is 7.02. The second-order valence-corrected chi connectivity index (χ2v) is 9.69. The second kappa shape index (κ2) is 11.9. The van der Waals surface area contributed by atoms with Crippen molar-refractivity contribution in [2.45, 2.75) is 50.2 Å². The van der Waals surface area contributed by atoms with Crippen molar-refractivity contribution in [3.8, 4) is 0 Å². The summed E-state index contributed by atoms with van der Waals surface area (Å²) in [6.45, 7) is 1.45. The first-order valence-corrected chi connectivity index (χ1v) is 12.6. The lowest BCUT2D eigenvalue weighted by atomic mass is 9.92. The third-order valence-corrected chi connectivity index (χ3v) is 7.02. The van der Waals surface area contributed by atoms with Crippen molar-refractivity contribution >= 4 is 23.1 Å². The van der Waals surface area contributed by atoms with Crippen LogP contribution < -0.4 is 10.2 Å². The molecular formula is C25H27F6N5O4. The minimum atomic E-state index is -4.86. The molecule has 4 rings (SSSR count). The normalized spacial score (nSPS) is 20.4. The molecule has 2 aromatic rings. The Kier molecular flexibility index (Phi) is 8.71. The summed E-state index contributed by atoms with van der Waals surface area (Å²) in [5.41, 5.74) is -3.00. The Balaban J connectivity index is 1.19. The van der Waals surface area contributed by atoms with E-state index in [9.17, 15) is 41.3 Å². The molecule has 2 aliphatic rings.